The minimum atomic E-state index is -4.83. The zero-order valence-electron chi connectivity index (χ0n) is 20.2. The van der Waals surface area contributed by atoms with Gasteiger partial charge in [0.1, 0.15) is 0 Å². The van der Waals surface area contributed by atoms with Gasteiger partial charge in [0, 0.05) is 18.1 Å². The third-order valence-corrected chi connectivity index (χ3v) is 6.49. The molecule has 3 rings (SSSR count). The molecule has 0 aromatic heterocycles. The molecule has 0 fully saturated rings. The molecule has 3 aromatic carbocycles. The van der Waals surface area contributed by atoms with Gasteiger partial charge in [-0.05, 0) is 59.2 Å². The van der Waals surface area contributed by atoms with E-state index in [0.717, 1.165) is 22.8 Å². The fourth-order valence-corrected chi connectivity index (χ4v) is 4.34. The Balaban J connectivity index is 1.87. The van der Waals surface area contributed by atoms with Crippen LogP contribution >= 0.6 is 23.2 Å². The maximum Gasteiger partial charge on any atom is 0.417 e. The topological polar surface area (TPSA) is 20.3 Å². The monoisotopic (exact) mass is 539 g/mol. The Hall–Kier alpha value is -2.57. The quantitative estimate of drug-likeness (QED) is 0.275. The van der Waals surface area contributed by atoms with Gasteiger partial charge in [0.15, 0.2) is 5.82 Å². The number of benzene rings is 3. The molecule has 0 heterocycles. The average Bonchev–Trinajstić information content (AvgIpc) is 2.79. The normalized spacial score (nSPS) is 12.0. The van der Waals surface area contributed by atoms with Crippen molar-refractivity contribution in [1.82, 2.24) is 4.90 Å². The number of alkyl halides is 3. The highest BCUT2D eigenvalue weighted by Gasteiger charge is 2.36. The molecule has 0 radical (unpaired) electrons. The zero-order valence-corrected chi connectivity index (χ0v) is 21.7. The van der Waals surface area contributed by atoms with Gasteiger partial charge in [-0.2, -0.15) is 13.2 Å². The van der Waals surface area contributed by atoms with Gasteiger partial charge in [-0.25, -0.2) is 4.39 Å². The molecule has 0 saturated carbocycles. The van der Waals surface area contributed by atoms with Crippen molar-refractivity contribution in [2.75, 3.05) is 6.54 Å². The van der Waals surface area contributed by atoms with E-state index in [2.05, 4.69) is 20.8 Å². The van der Waals surface area contributed by atoms with Crippen molar-refractivity contribution in [1.29, 1.82) is 0 Å². The Morgan fingerprint density at radius 2 is 1.58 bits per heavy atom. The lowest BCUT2D eigenvalue weighted by Crippen LogP contribution is -2.32. The molecule has 0 N–H and O–H groups in total. The first-order valence-corrected chi connectivity index (χ1v) is 12.2. The minimum Gasteiger partial charge on any atom is -0.334 e. The van der Waals surface area contributed by atoms with E-state index in [1.54, 1.807) is 6.07 Å². The summed E-state index contributed by atoms with van der Waals surface area (Å²) in [5.41, 5.74) is 1.05. The van der Waals surface area contributed by atoms with Gasteiger partial charge in [-0.3, -0.25) is 4.79 Å². The Bertz CT molecular complexity index is 1220. The second-order valence-corrected chi connectivity index (χ2v) is 10.5. The predicted octanol–water partition coefficient (Wildman–Crippen LogP) is 8.72. The molecule has 0 bridgehead atoms. The first-order chi connectivity index (χ1) is 16.8. The number of aryl methyl sites for hydroxylation is 1. The largest absolute Gasteiger partial charge is 0.417 e. The fraction of sp³-hybridized carbons (Fsp3) is 0.321. The molecule has 8 heteroatoms. The summed E-state index contributed by atoms with van der Waals surface area (Å²) in [7, 11) is 0. The van der Waals surface area contributed by atoms with Crippen LogP contribution in [0, 0.1) is 5.82 Å². The highest BCUT2D eigenvalue weighted by molar-refractivity contribution is 6.32. The summed E-state index contributed by atoms with van der Waals surface area (Å²) in [4.78, 5) is 14.8. The van der Waals surface area contributed by atoms with Crippen LogP contribution in [0.3, 0.4) is 0 Å². The summed E-state index contributed by atoms with van der Waals surface area (Å²) in [6.45, 7) is 6.68. The van der Waals surface area contributed by atoms with Crippen molar-refractivity contribution in [3.8, 4) is 0 Å². The molecular formula is C28H27Cl2F4NO. The molecule has 0 aliphatic carbocycles. The molecule has 0 spiro atoms. The van der Waals surface area contributed by atoms with Crippen LogP contribution < -0.4 is 0 Å². The van der Waals surface area contributed by atoms with Gasteiger partial charge in [0.25, 0.3) is 5.91 Å². The molecule has 0 aliphatic heterocycles. The summed E-state index contributed by atoms with van der Waals surface area (Å²) < 4.78 is 54.2. The molecule has 2 nitrogen and oxygen atoms in total. The predicted molar refractivity (Wildman–Crippen MR) is 136 cm³/mol. The Morgan fingerprint density at radius 3 is 2.17 bits per heavy atom. The Morgan fingerprint density at radius 1 is 0.917 bits per heavy atom. The van der Waals surface area contributed by atoms with Crippen LogP contribution in [0.15, 0.2) is 60.7 Å². The van der Waals surface area contributed by atoms with Crippen LogP contribution in [0.5, 0.6) is 0 Å². The maximum atomic E-state index is 14.9. The molecule has 3 aromatic rings. The fourth-order valence-electron chi connectivity index (χ4n) is 3.85. The minimum absolute atomic E-state index is 0.0505. The first-order valence-electron chi connectivity index (χ1n) is 11.5. The van der Waals surface area contributed by atoms with E-state index < -0.39 is 34.1 Å². The first kappa shape index (κ1) is 28.0. The number of carbonyl (C=O) groups is 1. The SMILES string of the molecule is CC(C)(C)c1ccc(CN(CCCc2cccc(Cl)c2)C(=O)c2ccc(C(F)(F)F)c(Cl)c2F)cc1. The zero-order chi connectivity index (χ0) is 26.7. The lowest BCUT2D eigenvalue weighted by Gasteiger charge is -2.25. The number of nitrogens with zero attached hydrogens (tertiary/aromatic N) is 1. The van der Waals surface area contributed by atoms with Crippen LogP contribution in [-0.4, -0.2) is 17.4 Å². The van der Waals surface area contributed by atoms with Gasteiger partial charge in [-0.15, -0.1) is 0 Å². The Kier molecular flexibility index (Phi) is 8.73. The van der Waals surface area contributed by atoms with Crippen molar-refractivity contribution in [3.63, 3.8) is 0 Å². The number of hydrogen-bond acceptors (Lipinski definition) is 1. The molecule has 192 valence electrons. The van der Waals surface area contributed by atoms with E-state index >= 15 is 0 Å². The highest BCUT2D eigenvalue weighted by Crippen LogP contribution is 2.37. The van der Waals surface area contributed by atoms with Crippen LogP contribution in [0.1, 0.15) is 59.8 Å². The van der Waals surface area contributed by atoms with E-state index in [0.29, 0.717) is 23.9 Å². The molecule has 0 unspecified atom stereocenters. The van der Waals surface area contributed by atoms with Crippen molar-refractivity contribution in [2.24, 2.45) is 0 Å². The molecule has 36 heavy (non-hydrogen) atoms. The van der Waals surface area contributed by atoms with Gasteiger partial charge >= 0.3 is 6.18 Å². The van der Waals surface area contributed by atoms with Crippen molar-refractivity contribution in [3.05, 3.63) is 104 Å². The van der Waals surface area contributed by atoms with E-state index in [9.17, 15) is 22.4 Å². The standard InChI is InChI=1S/C28H27Cl2F4NO/c1-27(2,3)20-11-9-19(10-12-20)17-35(15-5-7-18-6-4-8-21(29)16-18)26(36)22-13-14-23(28(32,33)34)24(30)25(22)31/h4,6,8-14,16H,5,7,15,17H2,1-3H3. The summed E-state index contributed by atoms with van der Waals surface area (Å²) >= 11 is 11.7. The smallest absolute Gasteiger partial charge is 0.334 e. The third kappa shape index (κ3) is 7.01. The van der Waals surface area contributed by atoms with Crippen molar-refractivity contribution >= 4 is 29.1 Å². The lowest BCUT2D eigenvalue weighted by molar-refractivity contribution is -0.137. The molecule has 1 amide bonds. The van der Waals surface area contributed by atoms with Crippen LogP contribution in [0.4, 0.5) is 17.6 Å². The van der Waals surface area contributed by atoms with Crippen molar-refractivity contribution in [2.45, 2.75) is 51.7 Å². The van der Waals surface area contributed by atoms with Gasteiger partial charge in [0.05, 0.1) is 16.1 Å². The van der Waals surface area contributed by atoms with E-state index in [1.807, 2.05) is 42.5 Å². The Labute approximate surface area is 218 Å². The average molecular weight is 540 g/mol. The lowest BCUT2D eigenvalue weighted by atomic mass is 9.87. The van der Waals surface area contributed by atoms with Crippen molar-refractivity contribution < 1.29 is 22.4 Å². The number of carbonyl (C=O) groups excluding carboxylic acids is 1. The van der Waals surface area contributed by atoms with E-state index in [4.69, 9.17) is 23.2 Å². The summed E-state index contributed by atoms with van der Waals surface area (Å²) in [5.74, 6) is -2.10. The van der Waals surface area contributed by atoms with Gasteiger partial charge in [0.2, 0.25) is 0 Å². The molecule has 0 saturated heterocycles. The number of rotatable bonds is 7. The van der Waals surface area contributed by atoms with Gasteiger partial charge < -0.3 is 4.90 Å². The second kappa shape index (κ2) is 11.2. The van der Waals surface area contributed by atoms with Crippen LogP contribution in [0.2, 0.25) is 10.0 Å². The number of amides is 1. The van der Waals surface area contributed by atoms with Crippen LogP contribution in [-0.2, 0) is 24.6 Å². The number of hydrogen-bond donors (Lipinski definition) is 0. The highest BCUT2D eigenvalue weighted by atomic mass is 35.5. The number of halogens is 6. The van der Waals surface area contributed by atoms with Gasteiger partial charge in [-0.1, -0.05) is 80.4 Å². The third-order valence-electron chi connectivity index (χ3n) is 5.88. The molecule has 0 atom stereocenters. The molecule has 0 aliphatic rings. The van der Waals surface area contributed by atoms with E-state index in [-0.39, 0.29) is 18.5 Å². The summed E-state index contributed by atoms with van der Waals surface area (Å²) in [5, 5.41) is -0.511. The second-order valence-electron chi connectivity index (χ2n) is 9.69. The maximum absolute atomic E-state index is 14.9. The molecular weight excluding hydrogens is 513 g/mol. The van der Waals surface area contributed by atoms with Crippen LogP contribution in [0.25, 0.3) is 0 Å². The summed E-state index contributed by atoms with van der Waals surface area (Å²) in [6, 6.07) is 16.6. The van der Waals surface area contributed by atoms with E-state index in [1.165, 1.54) is 4.90 Å². The summed E-state index contributed by atoms with van der Waals surface area (Å²) in [6.07, 6.45) is -3.67.